The summed E-state index contributed by atoms with van der Waals surface area (Å²) < 4.78 is 6.88. The molecule has 0 radical (unpaired) electrons. The smallest absolute Gasteiger partial charge is 0.255 e. The molecule has 1 amide bonds. The number of benzene rings is 1. The van der Waals surface area contributed by atoms with Crippen molar-refractivity contribution in [3.8, 4) is 0 Å². The Morgan fingerprint density at radius 1 is 1.35 bits per heavy atom. The van der Waals surface area contributed by atoms with Crippen molar-refractivity contribution >= 4 is 11.6 Å². The standard InChI is InChI=1S/C15H19N3O2/c1-4-20-10-18-9-14(8-16-18)17-15(19)13-6-5-11(2)12(3)7-13/h5-9H,4,10H2,1-3H3,(H,17,19). The van der Waals surface area contributed by atoms with Crippen LogP contribution in [0.1, 0.15) is 28.4 Å². The number of amides is 1. The molecule has 0 saturated heterocycles. The lowest BCUT2D eigenvalue weighted by atomic mass is 10.1. The number of nitrogens with zero attached hydrogens (tertiary/aromatic N) is 2. The maximum Gasteiger partial charge on any atom is 0.255 e. The number of aromatic nitrogens is 2. The molecule has 0 saturated carbocycles. The highest BCUT2D eigenvalue weighted by Gasteiger charge is 2.08. The molecule has 1 heterocycles. The SMILES string of the molecule is CCOCn1cc(NC(=O)c2ccc(C)c(C)c2)cn1. The molecule has 1 aromatic carbocycles. The number of carbonyl (C=O) groups excluding carboxylic acids is 1. The van der Waals surface area contributed by atoms with Crippen molar-refractivity contribution in [2.24, 2.45) is 0 Å². The van der Waals surface area contributed by atoms with Crippen LogP contribution in [0.25, 0.3) is 0 Å². The number of anilines is 1. The molecule has 1 aromatic heterocycles. The van der Waals surface area contributed by atoms with E-state index in [4.69, 9.17) is 4.74 Å². The number of carbonyl (C=O) groups is 1. The van der Waals surface area contributed by atoms with Gasteiger partial charge in [0.05, 0.1) is 18.1 Å². The van der Waals surface area contributed by atoms with Crippen LogP contribution in [0.3, 0.4) is 0 Å². The van der Waals surface area contributed by atoms with Crippen LogP contribution in [0.5, 0.6) is 0 Å². The van der Waals surface area contributed by atoms with Gasteiger partial charge in [-0.15, -0.1) is 0 Å². The summed E-state index contributed by atoms with van der Waals surface area (Å²) in [6.45, 7) is 6.95. The van der Waals surface area contributed by atoms with Crippen molar-refractivity contribution in [2.45, 2.75) is 27.5 Å². The average Bonchev–Trinajstić information content (AvgIpc) is 2.87. The summed E-state index contributed by atoms with van der Waals surface area (Å²) in [5.41, 5.74) is 3.58. The quantitative estimate of drug-likeness (QED) is 0.911. The molecule has 0 bridgehead atoms. The van der Waals surface area contributed by atoms with Gasteiger partial charge in [0.15, 0.2) is 0 Å². The highest BCUT2D eigenvalue weighted by atomic mass is 16.5. The fourth-order valence-corrected chi connectivity index (χ4v) is 1.77. The van der Waals surface area contributed by atoms with Gasteiger partial charge in [-0.2, -0.15) is 5.10 Å². The first-order valence-electron chi connectivity index (χ1n) is 6.59. The Morgan fingerprint density at radius 3 is 2.85 bits per heavy atom. The van der Waals surface area contributed by atoms with Crippen LogP contribution in [0.4, 0.5) is 5.69 Å². The van der Waals surface area contributed by atoms with Crippen LogP contribution < -0.4 is 5.32 Å². The second kappa shape index (κ2) is 6.34. The Kier molecular flexibility index (Phi) is 4.53. The van der Waals surface area contributed by atoms with Gasteiger partial charge in [0.1, 0.15) is 6.73 Å². The molecule has 0 unspecified atom stereocenters. The molecule has 0 aliphatic carbocycles. The number of rotatable bonds is 5. The van der Waals surface area contributed by atoms with Crippen molar-refractivity contribution in [3.63, 3.8) is 0 Å². The van der Waals surface area contributed by atoms with E-state index in [1.807, 2.05) is 39.0 Å². The van der Waals surface area contributed by atoms with Crippen LogP contribution in [-0.4, -0.2) is 22.3 Å². The molecule has 106 valence electrons. The minimum Gasteiger partial charge on any atom is -0.360 e. The Bertz CT molecular complexity index is 605. The zero-order valence-electron chi connectivity index (χ0n) is 12.0. The van der Waals surface area contributed by atoms with Crippen LogP contribution in [0.15, 0.2) is 30.6 Å². The van der Waals surface area contributed by atoms with E-state index < -0.39 is 0 Å². The molecule has 2 aromatic rings. The largest absolute Gasteiger partial charge is 0.360 e. The van der Waals surface area contributed by atoms with Gasteiger partial charge in [0.25, 0.3) is 5.91 Å². The maximum absolute atomic E-state index is 12.1. The molecule has 1 N–H and O–H groups in total. The molecule has 0 fully saturated rings. The van der Waals surface area contributed by atoms with E-state index in [1.54, 1.807) is 17.1 Å². The van der Waals surface area contributed by atoms with Crippen molar-refractivity contribution in [2.75, 3.05) is 11.9 Å². The lowest BCUT2D eigenvalue weighted by Gasteiger charge is -2.05. The third-order valence-electron chi connectivity index (χ3n) is 3.09. The summed E-state index contributed by atoms with van der Waals surface area (Å²) in [6.07, 6.45) is 3.35. The number of nitrogens with one attached hydrogen (secondary N) is 1. The van der Waals surface area contributed by atoms with Gasteiger partial charge in [0.2, 0.25) is 0 Å². The second-order valence-corrected chi connectivity index (χ2v) is 4.64. The van der Waals surface area contributed by atoms with E-state index in [1.165, 1.54) is 5.56 Å². The van der Waals surface area contributed by atoms with Crippen molar-refractivity contribution < 1.29 is 9.53 Å². The number of hydrogen-bond acceptors (Lipinski definition) is 3. The molecule has 0 aliphatic rings. The highest BCUT2D eigenvalue weighted by molar-refractivity contribution is 6.04. The van der Waals surface area contributed by atoms with Crippen molar-refractivity contribution in [1.82, 2.24) is 9.78 Å². The van der Waals surface area contributed by atoms with E-state index in [0.717, 1.165) is 5.56 Å². The van der Waals surface area contributed by atoms with Crippen LogP contribution in [0.2, 0.25) is 0 Å². The third kappa shape index (κ3) is 3.45. The second-order valence-electron chi connectivity index (χ2n) is 4.64. The number of ether oxygens (including phenoxy) is 1. The van der Waals surface area contributed by atoms with Gasteiger partial charge in [-0.3, -0.25) is 4.79 Å². The first-order chi connectivity index (χ1) is 9.60. The van der Waals surface area contributed by atoms with Gasteiger partial charge in [0, 0.05) is 12.2 Å². The molecule has 0 atom stereocenters. The molecule has 5 heteroatoms. The van der Waals surface area contributed by atoms with E-state index in [2.05, 4.69) is 10.4 Å². The third-order valence-corrected chi connectivity index (χ3v) is 3.09. The van der Waals surface area contributed by atoms with Crippen molar-refractivity contribution in [1.29, 1.82) is 0 Å². The van der Waals surface area contributed by atoms with E-state index in [0.29, 0.717) is 24.6 Å². The summed E-state index contributed by atoms with van der Waals surface area (Å²) in [5, 5.41) is 6.93. The molecular formula is C15H19N3O2. The fourth-order valence-electron chi connectivity index (χ4n) is 1.77. The van der Waals surface area contributed by atoms with Gasteiger partial charge < -0.3 is 10.1 Å². The monoisotopic (exact) mass is 273 g/mol. The van der Waals surface area contributed by atoms with Crippen LogP contribution in [0, 0.1) is 13.8 Å². The Morgan fingerprint density at radius 2 is 2.15 bits per heavy atom. The highest BCUT2D eigenvalue weighted by Crippen LogP contribution is 2.12. The molecule has 0 aliphatic heterocycles. The van der Waals surface area contributed by atoms with E-state index >= 15 is 0 Å². The summed E-state index contributed by atoms with van der Waals surface area (Å²) in [7, 11) is 0. The summed E-state index contributed by atoms with van der Waals surface area (Å²) in [4.78, 5) is 12.1. The fraction of sp³-hybridized carbons (Fsp3) is 0.333. The van der Waals surface area contributed by atoms with E-state index in [-0.39, 0.29) is 5.91 Å². The molecule has 2 rings (SSSR count). The topological polar surface area (TPSA) is 56.1 Å². The number of hydrogen-bond donors (Lipinski definition) is 1. The van der Waals surface area contributed by atoms with E-state index in [9.17, 15) is 4.79 Å². The van der Waals surface area contributed by atoms with Gasteiger partial charge in [-0.1, -0.05) is 6.07 Å². The molecular weight excluding hydrogens is 254 g/mol. The lowest BCUT2D eigenvalue weighted by molar-refractivity contribution is 0.0792. The zero-order valence-corrected chi connectivity index (χ0v) is 12.0. The Hall–Kier alpha value is -2.14. The Labute approximate surface area is 118 Å². The van der Waals surface area contributed by atoms with Gasteiger partial charge >= 0.3 is 0 Å². The van der Waals surface area contributed by atoms with Crippen LogP contribution >= 0.6 is 0 Å². The lowest BCUT2D eigenvalue weighted by Crippen LogP contribution is -2.11. The minimum absolute atomic E-state index is 0.135. The average molecular weight is 273 g/mol. The maximum atomic E-state index is 12.1. The predicted molar refractivity (Wildman–Crippen MR) is 77.7 cm³/mol. The molecule has 0 spiro atoms. The predicted octanol–water partition coefficient (Wildman–Crippen LogP) is 2.75. The van der Waals surface area contributed by atoms with Crippen molar-refractivity contribution in [3.05, 3.63) is 47.3 Å². The van der Waals surface area contributed by atoms with Gasteiger partial charge in [-0.05, 0) is 44.0 Å². The summed E-state index contributed by atoms with van der Waals surface area (Å²) >= 11 is 0. The molecule has 20 heavy (non-hydrogen) atoms. The first-order valence-corrected chi connectivity index (χ1v) is 6.59. The normalized spacial score (nSPS) is 10.6. The van der Waals surface area contributed by atoms with Crippen LogP contribution in [-0.2, 0) is 11.5 Å². The number of aryl methyl sites for hydroxylation is 2. The molecule has 5 nitrogen and oxygen atoms in total. The first kappa shape index (κ1) is 14.3. The Balaban J connectivity index is 2.03. The summed E-state index contributed by atoms with van der Waals surface area (Å²) in [6, 6.07) is 5.65. The minimum atomic E-state index is -0.135. The summed E-state index contributed by atoms with van der Waals surface area (Å²) in [5.74, 6) is -0.135. The zero-order chi connectivity index (χ0) is 14.5. The van der Waals surface area contributed by atoms with Gasteiger partial charge in [-0.25, -0.2) is 4.68 Å².